The monoisotopic (exact) mass is 262 g/mol. The largest absolute Gasteiger partial charge is 0.421 e. The van der Waals surface area contributed by atoms with Crippen LogP contribution in [0.1, 0.15) is 53.4 Å². The molecule has 0 saturated carbocycles. The third kappa shape index (κ3) is 8.50. The zero-order chi connectivity index (χ0) is 12.2. The van der Waals surface area contributed by atoms with Crippen molar-refractivity contribution in [2.75, 3.05) is 0 Å². The van der Waals surface area contributed by atoms with Crippen molar-refractivity contribution in [1.29, 1.82) is 0 Å². The number of hydrogen-bond donors (Lipinski definition) is 0. The van der Waals surface area contributed by atoms with Gasteiger partial charge < -0.3 is 8.85 Å². The molecule has 0 aliphatic carbocycles. The predicted octanol–water partition coefficient (Wildman–Crippen LogP) is 2.40. The zero-order valence-corrected chi connectivity index (χ0v) is 14.5. The summed E-state index contributed by atoms with van der Waals surface area (Å²) in [6.45, 7) is 8.86. The Morgan fingerprint density at radius 1 is 0.688 bits per heavy atom. The van der Waals surface area contributed by atoms with E-state index in [9.17, 15) is 0 Å². The minimum atomic E-state index is -0.261. The van der Waals surface area contributed by atoms with Gasteiger partial charge in [-0.05, 0) is 37.8 Å². The molecule has 0 bridgehead atoms. The molecule has 0 fully saturated rings. The van der Waals surface area contributed by atoms with Crippen LogP contribution in [0.15, 0.2) is 0 Å². The molecule has 0 heterocycles. The van der Waals surface area contributed by atoms with E-state index in [4.69, 9.17) is 8.85 Å². The summed E-state index contributed by atoms with van der Waals surface area (Å²) >= 11 is 0. The van der Waals surface area contributed by atoms with Gasteiger partial charge in [0.2, 0.25) is 0 Å². The lowest BCUT2D eigenvalue weighted by Crippen LogP contribution is -2.16. The molecule has 0 atom stereocenters. The molecule has 0 rings (SSSR count). The van der Waals surface area contributed by atoms with Gasteiger partial charge in [-0.1, -0.05) is 27.7 Å². The topological polar surface area (TPSA) is 18.5 Å². The van der Waals surface area contributed by atoms with Crippen LogP contribution < -0.4 is 0 Å². The van der Waals surface area contributed by atoms with Gasteiger partial charge in [0.05, 0.1) is 0 Å². The van der Waals surface area contributed by atoms with Crippen LogP contribution in [0.2, 0.25) is 12.1 Å². The smallest absolute Gasteiger partial charge is 0.161 e. The lowest BCUT2D eigenvalue weighted by atomic mass is 10.2. The third-order valence-electron chi connectivity index (χ3n) is 3.07. The lowest BCUT2D eigenvalue weighted by Gasteiger charge is -2.15. The van der Waals surface area contributed by atoms with Gasteiger partial charge in [-0.2, -0.15) is 0 Å². The molecule has 0 aromatic rings. The second-order valence-corrected chi connectivity index (χ2v) is 7.22. The summed E-state index contributed by atoms with van der Waals surface area (Å²) in [4.78, 5) is 0. The standard InChI is InChI=1S/C12H30O2Si2/c1-5-11(6-2)13-15-9-10-16-14-12(7-3)8-4/h11-12H,5-10,15-16H2,1-4H3. The highest BCUT2D eigenvalue weighted by Gasteiger charge is 2.04. The van der Waals surface area contributed by atoms with E-state index in [0.29, 0.717) is 12.2 Å². The minimum Gasteiger partial charge on any atom is -0.421 e. The first kappa shape index (κ1) is 16.4. The van der Waals surface area contributed by atoms with Crippen LogP contribution in [0, 0.1) is 0 Å². The highest BCUT2D eigenvalue weighted by Crippen LogP contribution is 2.05. The SMILES string of the molecule is CCC(CC)O[SiH2]CC[SiH2]OC(CC)CC. The van der Waals surface area contributed by atoms with Gasteiger partial charge in [0.1, 0.15) is 0 Å². The first-order chi connectivity index (χ1) is 7.78. The Hall–Kier alpha value is 0.354. The second-order valence-electron chi connectivity index (χ2n) is 4.33. The summed E-state index contributed by atoms with van der Waals surface area (Å²) in [7, 11) is -0.522. The maximum atomic E-state index is 5.91. The third-order valence-corrected chi connectivity index (χ3v) is 7.06. The van der Waals surface area contributed by atoms with E-state index in [-0.39, 0.29) is 19.5 Å². The Morgan fingerprint density at radius 3 is 1.25 bits per heavy atom. The van der Waals surface area contributed by atoms with E-state index >= 15 is 0 Å². The van der Waals surface area contributed by atoms with Gasteiger partial charge in [0, 0.05) is 12.2 Å². The summed E-state index contributed by atoms with van der Waals surface area (Å²) in [6.07, 6.45) is 5.76. The quantitative estimate of drug-likeness (QED) is 0.420. The van der Waals surface area contributed by atoms with Crippen LogP contribution in [-0.4, -0.2) is 31.7 Å². The van der Waals surface area contributed by atoms with E-state index in [1.165, 1.54) is 37.8 Å². The first-order valence-electron chi connectivity index (χ1n) is 7.01. The van der Waals surface area contributed by atoms with Crippen LogP contribution in [-0.2, 0) is 8.85 Å². The van der Waals surface area contributed by atoms with Gasteiger partial charge in [-0.15, -0.1) is 0 Å². The predicted molar refractivity (Wildman–Crippen MR) is 77.6 cm³/mol. The van der Waals surface area contributed by atoms with Gasteiger partial charge >= 0.3 is 0 Å². The molecule has 0 aromatic heterocycles. The van der Waals surface area contributed by atoms with Crippen molar-refractivity contribution in [1.82, 2.24) is 0 Å². The minimum absolute atomic E-state index is 0.261. The summed E-state index contributed by atoms with van der Waals surface area (Å²) in [5, 5.41) is 0. The normalized spacial score (nSPS) is 13.1. The Bertz CT molecular complexity index is 121. The van der Waals surface area contributed by atoms with E-state index in [1.807, 2.05) is 0 Å². The van der Waals surface area contributed by atoms with Crippen LogP contribution in [0.5, 0.6) is 0 Å². The fourth-order valence-electron chi connectivity index (χ4n) is 1.75. The highest BCUT2D eigenvalue weighted by atomic mass is 28.2. The van der Waals surface area contributed by atoms with Gasteiger partial charge in [0.15, 0.2) is 19.5 Å². The second kappa shape index (κ2) is 11.8. The summed E-state index contributed by atoms with van der Waals surface area (Å²) < 4.78 is 11.8. The molecule has 98 valence electrons. The summed E-state index contributed by atoms with van der Waals surface area (Å²) in [5.74, 6) is 0. The van der Waals surface area contributed by atoms with Crippen molar-refractivity contribution in [3.05, 3.63) is 0 Å². The van der Waals surface area contributed by atoms with Crippen molar-refractivity contribution in [3.8, 4) is 0 Å². The van der Waals surface area contributed by atoms with Gasteiger partial charge in [0.25, 0.3) is 0 Å². The Kier molecular flexibility index (Phi) is 12.1. The average Bonchev–Trinajstić information content (AvgIpc) is 2.33. The van der Waals surface area contributed by atoms with E-state index in [0.717, 1.165) is 0 Å². The molecular weight excluding hydrogens is 232 g/mol. The molecule has 0 amide bonds. The molecule has 16 heavy (non-hydrogen) atoms. The van der Waals surface area contributed by atoms with Gasteiger partial charge in [-0.3, -0.25) is 0 Å². The van der Waals surface area contributed by atoms with E-state index in [1.54, 1.807) is 0 Å². The Morgan fingerprint density at radius 2 is 1.00 bits per heavy atom. The molecule has 0 aliphatic rings. The average molecular weight is 263 g/mol. The van der Waals surface area contributed by atoms with E-state index in [2.05, 4.69) is 27.7 Å². The number of rotatable bonds is 11. The van der Waals surface area contributed by atoms with Crippen molar-refractivity contribution >= 4 is 19.5 Å². The fraction of sp³-hybridized carbons (Fsp3) is 1.00. The Labute approximate surface area is 106 Å². The molecule has 0 saturated heterocycles. The Balaban J connectivity index is 3.26. The molecule has 0 unspecified atom stereocenters. The molecular formula is C12H30O2Si2. The van der Waals surface area contributed by atoms with Crippen molar-refractivity contribution in [3.63, 3.8) is 0 Å². The van der Waals surface area contributed by atoms with Crippen molar-refractivity contribution < 1.29 is 8.85 Å². The fourth-order valence-corrected chi connectivity index (χ4v) is 5.33. The highest BCUT2D eigenvalue weighted by molar-refractivity contribution is 6.34. The van der Waals surface area contributed by atoms with Crippen molar-refractivity contribution in [2.45, 2.75) is 77.7 Å². The van der Waals surface area contributed by atoms with Crippen LogP contribution in [0.25, 0.3) is 0 Å². The maximum Gasteiger partial charge on any atom is 0.161 e. The zero-order valence-electron chi connectivity index (χ0n) is 11.6. The molecule has 2 nitrogen and oxygen atoms in total. The van der Waals surface area contributed by atoms with E-state index < -0.39 is 0 Å². The van der Waals surface area contributed by atoms with Gasteiger partial charge in [-0.25, -0.2) is 0 Å². The van der Waals surface area contributed by atoms with Crippen LogP contribution in [0.3, 0.4) is 0 Å². The molecule has 0 N–H and O–H groups in total. The molecule has 4 heteroatoms. The molecule has 0 aliphatic heterocycles. The number of hydrogen-bond acceptors (Lipinski definition) is 2. The molecule has 0 spiro atoms. The summed E-state index contributed by atoms with van der Waals surface area (Å²) in [5.41, 5.74) is 0. The first-order valence-corrected chi connectivity index (χ1v) is 10.2. The maximum absolute atomic E-state index is 5.91. The van der Waals surface area contributed by atoms with Crippen LogP contribution >= 0.6 is 0 Å². The van der Waals surface area contributed by atoms with Crippen molar-refractivity contribution in [2.24, 2.45) is 0 Å². The summed E-state index contributed by atoms with van der Waals surface area (Å²) in [6, 6.07) is 2.64. The lowest BCUT2D eigenvalue weighted by molar-refractivity contribution is 0.198. The molecule has 0 aromatic carbocycles. The molecule has 0 radical (unpaired) electrons. The van der Waals surface area contributed by atoms with Crippen LogP contribution in [0.4, 0.5) is 0 Å².